The minimum absolute atomic E-state index is 0. The van der Waals surface area contributed by atoms with E-state index in [0.717, 1.165) is 25.8 Å². The molecule has 1 saturated carbocycles. The summed E-state index contributed by atoms with van der Waals surface area (Å²) in [6.07, 6.45) is 0.241. The number of nitrogens with zero attached hydrogens (tertiary/aromatic N) is 6. The summed E-state index contributed by atoms with van der Waals surface area (Å²) in [6, 6.07) is 4.41. The van der Waals surface area contributed by atoms with Crippen LogP contribution in [-0.2, 0) is 18.0 Å². The molecule has 236 valence electrons. The summed E-state index contributed by atoms with van der Waals surface area (Å²) in [7, 11) is 1.46. The lowest BCUT2D eigenvalue weighted by atomic mass is 10.1. The Bertz CT molecular complexity index is 1570. The fraction of sp³-hybridized carbons (Fsp3) is 0.464. The maximum Gasteiger partial charge on any atom is 0.435 e. The number of amides is 3. The molecule has 2 saturated heterocycles. The van der Waals surface area contributed by atoms with Crippen molar-refractivity contribution in [3.05, 3.63) is 52.7 Å². The highest BCUT2D eigenvalue weighted by molar-refractivity contribution is 6.34. The van der Waals surface area contributed by atoms with Crippen LogP contribution >= 0.6 is 24.0 Å². The highest BCUT2D eigenvalue weighted by atomic mass is 35.5. The topological polar surface area (TPSA) is 117 Å². The summed E-state index contributed by atoms with van der Waals surface area (Å²) in [4.78, 5) is 46.4. The van der Waals surface area contributed by atoms with Gasteiger partial charge in [0.15, 0.2) is 11.5 Å². The normalized spacial score (nSPS) is 18.7. The molecule has 1 aromatic carbocycles. The Morgan fingerprint density at radius 2 is 1.77 bits per heavy atom. The fourth-order valence-electron chi connectivity index (χ4n) is 5.56. The first-order chi connectivity index (χ1) is 20.5. The van der Waals surface area contributed by atoms with Crippen LogP contribution in [0.4, 0.5) is 18.9 Å². The van der Waals surface area contributed by atoms with Crippen LogP contribution in [0.1, 0.15) is 52.0 Å². The van der Waals surface area contributed by atoms with Crippen LogP contribution in [0, 0.1) is 5.92 Å². The highest BCUT2D eigenvalue weighted by Crippen LogP contribution is 2.41. The van der Waals surface area contributed by atoms with Gasteiger partial charge in [0.05, 0.1) is 40.0 Å². The number of nitrogens with one attached hydrogen (secondary N) is 2. The number of benzene rings is 1. The van der Waals surface area contributed by atoms with Crippen molar-refractivity contribution in [3.8, 4) is 11.3 Å². The van der Waals surface area contributed by atoms with Gasteiger partial charge < -0.3 is 25.0 Å². The number of imidazole rings is 1. The average molecular weight is 656 g/mol. The second-order valence-electron chi connectivity index (χ2n) is 11.1. The maximum absolute atomic E-state index is 13.7. The molecule has 3 amide bonds. The van der Waals surface area contributed by atoms with E-state index in [4.69, 9.17) is 11.6 Å². The van der Waals surface area contributed by atoms with E-state index in [9.17, 15) is 27.6 Å². The van der Waals surface area contributed by atoms with E-state index in [1.54, 1.807) is 9.80 Å². The van der Waals surface area contributed by atoms with Gasteiger partial charge >= 0.3 is 6.18 Å². The summed E-state index contributed by atoms with van der Waals surface area (Å²) in [5.74, 6) is -0.951. The minimum atomic E-state index is -4.67. The second-order valence-corrected chi connectivity index (χ2v) is 11.5. The summed E-state index contributed by atoms with van der Waals surface area (Å²) in [5, 5.41) is 9.73. The molecule has 3 fully saturated rings. The van der Waals surface area contributed by atoms with Crippen molar-refractivity contribution in [2.45, 2.75) is 31.5 Å². The van der Waals surface area contributed by atoms with E-state index in [-0.39, 0.29) is 69.5 Å². The molecule has 1 unspecified atom stereocenters. The van der Waals surface area contributed by atoms with Crippen LogP contribution in [0.25, 0.3) is 11.3 Å². The van der Waals surface area contributed by atoms with Gasteiger partial charge in [0.25, 0.3) is 11.8 Å². The van der Waals surface area contributed by atoms with Crippen molar-refractivity contribution in [2.75, 3.05) is 44.6 Å². The third kappa shape index (κ3) is 6.28. The molecule has 2 N–H and O–H groups in total. The summed E-state index contributed by atoms with van der Waals surface area (Å²) < 4.78 is 43.8. The Morgan fingerprint density at radius 3 is 2.39 bits per heavy atom. The number of aromatic nitrogens is 4. The molecule has 3 aliphatic rings. The molecule has 3 aromatic rings. The summed E-state index contributed by atoms with van der Waals surface area (Å²) >= 11 is 6.44. The largest absolute Gasteiger partial charge is 0.435 e. The first kappa shape index (κ1) is 31.8. The number of carbonyl (C=O) groups excluding carboxylic acids is 3. The average Bonchev–Trinajstić information content (AvgIpc) is 3.33. The third-order valence-electron chi connectivity index (χ3n) is 8.13. The van der Waals surface area contributed by atoms with Crippen LogP contribution in [0.3, 0.4) is 0 Å². The van der Waals surface area contributed by atoms with Crippen molar-refractivity contribution < 1.29 is 27.6 Å². The summed E-state index contributed by atoms with van der Waals surface area (Å²) in [5.41, 5.74) is -0.536. The lowest BCUT2D eigenvalue weighted by Crippen LogP contribution is -2.52. The summed E-state index contributed by atoms with van der Waals surface area (Å²) in [6.45, 7) is 3.19. The van der Waals surface area contributed by atoms with Crippen LogP contribution in [-0.4, -0.2) is 86.1 Å². The molecule has 4 heterocycles. The van der Waals surface area contributed by atoms with Crippen LogP contribution < -0.4 is 10.6 Å². The van der Waals surface area contributed by atoms with E-state index in [2.05, 4.69) is 20.7 Å². The number of hydrogen-bond donors (Lipinski definition) is 2. The van der Waals surface area contributed by atoms with Gasteiger partial charge in [-0.05, 0) is 44.0 Å². The van der Waals surface area contributed by atoms with Crippen LogP contribution in [0.2, 0.25) is 5.02 Å². The zero-order valence-electron chi connectivity index (χ0n) is 23.7. The van der Waals surface area contributed by atoms with E-state index >= 15 is 0 Å². The van der Waals surface area contributed by atoms with E-state index in [1.807, 2.05) is 0 Å². The van der Waals surface area contributed by atoms with Crippen LogP contribution in [0.5, 0.6) is 0 Å². The SMILES string of the molecule is Cl.Cn1c(-c2cn(C3CC3)nc2C(F)(F)F)cnc1C(=O)Nc1ccc(C(=O)N2CCN(C(=O)C3CCNC3)CC2)c(Cl)c1. The van der Waals surface area contributed by atoms with Crippen molar-refractivity contribution in [3.63, 3.8) is 0 Å². The molecule has 0 bridgehead atoms. The molecular formula is C28H31Cl2F3N8O3. The van der Waals surface area contributed by atoms with E-state index in [0.29, 0.717) is 32.7 Å². The van der Waals surface area contributed by atoms with Gasteiger partial charge in [0, 0.05) is 51.7 Å². The van der Waals surface area contributed by atoms with Crippen molar-refractivity contribution in [2.24, 2.45) is 13.0 Å². The van der Waals surface area contributed by atoms with Crippen molar-refractivity contribution in [1.29, 1.82) is 0 Å². The standard InChI is InChI=1S/C28H30ClF3N8O3.ClH/c1-37-22(20-15-40(18-3-4-18)36-23(20)28(30,31)32)14-34-24(37)25(41)35-17-2-5-19(21(29)12-17)27(43)39-10-8-38(9-11-39)26(42)16-6-7-33-13-16;/h2,5,12,14-16,18,33H,3-4,6-11,13H2,1H3,(H,35,41);1H. The van der Waals surface area contributed by atoms with Crippen molar-refractivity contribution >= 4 is 47.4 Å². The number of alkyl halides is 3. The number of hydrogen-bond acceptors (Lipinski definition) is 6. The molecule has 2 aliphatic heterocycles. The van der Waals surface area contributed by atoms with Gasteiger partial charge in [-0.25, -0.2) is 4.98 Å². The zero-order valence-corrected chi connectivity index (χ0v) is 25.3. The molecule has 1 atom stereocenters. The second kappa shape index (κ2) is 12.4. The van der Waals surface area contributed by atoms with Gasteiger partial charge in [-0.1, -0.05) is 11.6 Å². The molecule has 1 aliphatic carbocycles. The molecule has 44 heavy (non-hydrogen) atoms. The molecule has 2 aromatic heterocycles. The molecule has 16 heteroatoms. The first-order valence-electron chi connectivity index (χ1n) is 14.1. The predicted molar refractivity (Wildman–Crippen MR) is 158 cm³/mol. The Kier molecular flexibility index (Phi) is 8.96. The van der Waals surface area contributed by atoms with Gasteiger partial charge in [-0.3, -0.25) is 19.1 Å². The Balaban J connectivity index is 0.00000384. The number of piperazine rings is 1. The number of halogens is 5. The van der Waals surface area contributed by atoms with Crippen LogP contribution in [0.15, 0.2) is 30.6 Å². The third-order valence-corrected chi connectivity index (χ3v) is 8.45. The molecular weight excluding hydrogens is 624 g/mol. The predicted octanol–water partition coefficient (Wildman–Crippen LogP) is 3.86. The Hall–Kier alpha value is -3.62. The zero-order chi connectivity index (χ0) is 30.5. The smallest absolute Gasteiger partial charge is 0.339 e. The number of carbonyl (C=O) groups is 3. The molecule has 11 nitrogen and oxygen atoms in total. The molecule has 6 rings (SSSR count). The monoisotopic (exact) mass is 654 g/mol. The first-order valence-corrected chi connectivity index (χ1v) is 14.5. The van der Waals surface area contributed by atoms with E-state index in [1.165, 1.54) is 46.9 Å². The van der Waals surface area contributed by atoms with E-state index < -0.39 is 17.8 Å². The van der Waals surface area contributed by atoms with Gasteiger partial charge in [-0.15, -0.1) is 12.4 Å². The quantitative estimate of drug-likeness (QED) is 0.417. The molecule has 0 spiro atoms. The Morgan fingerprint density at radius 1 is 1.07 bits per heavy atom. The fourth-order valence-corrected chi connectivity index (χ4v) is 5.82. The molecule has 0 radical (unpaired) electrons. The number of rotatable bonds is 6. The van der Waals surface area contributed by atoms with Gasteiger partial charge in [0.1, 0.15) is 0 Å². The minimum Gasteiger partial charge on any atom is -0.339 e. The number of anilines is 1. The van der Waals surface area contributed by atoms with Gasteiger partial charge in [0.2, 0.25) is 5.91 Å². The lowest BCUT2D eigenvalue weighted by molar-refractivity contribution is -0.141. The lowest BCUT2D eigenvalue weighted by Gasteiger charge is -2.36. The maximum atomic E-state index is 13.7. The van der Waals surface area contributed by atoms with Crippen molar-refractivity contribution in [1.82, 2.24) is 34.4 Å². The Labute approximate surface area is 262 Å². The van der Waals surface area contributed by atoms with Gasteiger partial charge in [-0.2, -0.15) is 18.3 Å². The highest BCUT2D eigenvalue weighted by Gasteiger charge is 2.40.